The first-order valence-electron chi connectivity index (χ1n) is 6.38. The largest absolute Gasteiger partial charge is 0.496 e. The fourth-order valence-corrected chi connectivity index (χ4v) is 2.53. The van der Waals surface area contributed by atoms with Gasteiger partial charge in [0, 0.05) is 19.6 Å². The Hall–Kier alpha value is -1.85. The van der Waals surface area contributed by atoms with Gasteiger partial charge >= 0.3 is 0 Å². The van der Waals surface area contributed by atoms with E-state index in [4.69, 9.17) is 4.74 Å². The van der Waals surface area contributed by atoms with E-state index in [0.717, 1.165) is 48.2 Å². The molecule has 2 heterocycles. The van der Waals surface area contributed by atoms with Crippen LogP contribution in [0.1, 0.15) is 11.4 Å². The number of imidazole rings is 1. The molecule has 1 aliphatic heterocycles. The molecule has 0 atom stereocenters. The molecule has 0 unspecified atom stereocenters. The van der Waals surface area contributed by atoms with Crippen molar-refractivity contribution < 1.29 is 9.84 Å². The molecule has 1 aromatic heterocycles. The third-order valence-electron chi connectivity index (χ3n) is 3.46. The second-order valence-corrected chi connectivity index (χ2v) is 4.52. The topological polar surface area (TPSA) is 59.3 Å². The van der Waals surface area contributed by atoms with Crippen molar-refractivity contribution in [2.24, 2.45) is 0 Å². The molecule has 0 bridgehead atoms. The first kappa shape index (κ1) is 12.2. The molecule has 0 spiro atoms. The Kier molecular flexibility index (Phi) is 3.23. The Balaban J connectivity index is 2.17. The smallest absolute Gasteiger partial charge is 0.144 e. The monoisotopic (exact) mass is 259 g/mol. The van der Waals surface area contributed by atoms with Crippen LogP contribution in [0, 0.1) is 0 Å². The summed E-state index contributed by atoms with van der Waals surface area (Å²) in [4.78, 5) is 4.58. The van der Waals surface area contributed by atoms with Gasteiger partial charge in [0.1, 0.15) is 11.6 Å². The summed E-state index contributed by atoms with van der Waals surface area (Å²) in [5.41, 5.74) is 2.77. The summed E-state index contributed by atoms with van der Waals surface area (Å²) in [6.07, 6.45) is 0. The van der Waals surface area contributed by atoms with Crippen molar-refractivity contribution in [1.29, 1.82) is 0 Å². The van der Waals surface area contributed by atoms with Gasteiger partial charge in [-0.05, 0) is 12.1 Å². The lowest BCUT2D eigenvalue weighted by atomic mass is 10.2. The van der Waals surface area contributed by atoms with Gasteiger partial charge in [0.05, 0.1) is 30.7 Å². The average Bonchev–Trinajstić information content (AvgIpc) is 2.86. The molecule has 0 radical (unpaired) electrons. The van der Waals surface area contributed by atoms with E-state index < -0.39 is 0 Å². The highest BCUT2D eigenvalue weighted by Crippen LogP contribution is 2.31. The van der Waals surface area contributed by atoms with Crippen molar-refractivity contribution >= 4 is 0 Å². The van der Waals surface area contributed by atoms with Crippen molar-refractivity contribution in [3.05, 3.63) is 35.7 Å². The Morgan fingerprint density at radius 2 is 2.26 bits per heavy atom. The van der Waals surface area contributed by atoms with Crippen LogP contribution in [0.25, 0.3) is 11.4 Å². The highest BCUT2D eigenvalue weighted by Gasteiger charge is 2.21. The lowest BCUT2D eigenvalue weighted by molar-refractivity contribution is 0.275. The molecule has 0 fully saturated rings. The van der Waals surface area contributed by atoms with E-state index in [2.05, 4.69) is 14.9 Å². The highest BCUT2D eigenvalue weighted by molar-refractivity contribution is 5.65. The van der Waals surface area contributed by atoms with Gasteiger partial charge in [-0.25, -0.2) is 4.98 Å². The van der Waals surface area contributed by atoms with Gasteiger partial charge in [-0.3, -0.25) is 0 Å². The Morgan fingerprint density at radius 3 is 3.05 bits per heavy atom. The van der Waals surface area contributed by atoms with Gasteiger partial charge < -0.3 is 19.7 Å². The fraction of sp³-hybridized carbons (Fsp3) is 0.357. The molecule has 0 saturated heterocycles. The summed E-state index contributed by atoms with van der Waals surface area (Å²) in [7, 11) is 1.66. The molecular weight excluding hydrogens is 242 g/mol. The first-order valence-corrected chi connectivity index (χ1v) is 6.38. The van der Waals surface area contributed by atoms with Gasteiger partial charge in [-0.1, -0.05) is 12.1 Å². The minimum atomic E-state index is -0.0356. The number of benzene rings is 1. The number of fused-ring (bicyclic) bond motifs is 1. The van der Waals surface area contributed by atoms with E-state index in [1.807, 2.05) is 24.3 Å². The fourth-order valence-electron chi connectivity index (χ4n) is 2.53. The van der Waals surface area contributed by atoms with E-state index in [9.17, 15) is 5.11 Å². The summed E-state index contributed by atoms with van der Waals surface area (Å²) in [6.45, 7) is 2.48. The minimum Gasteiger partial charge on any atom is -0.496 e. The summed E-state index contributed by atoms with van der Waals surface area (Å²) in [6, 6.07) is 7.84. The number of methoxy groups -OCH3 is 1. The molecule has 0 aliphatic carbocycles. The number of nitrogens with zero attached hydrogens (tertiary/aromatic N) is 2. The van der Waals surface area contributed by atoms with Crippen LogP contribution in [0.2, 0.25) is 0 Å². The molecule has 1 aromatic carbocycles. The predicted octanol–water partition coefficient (Wildman–Crippen LogP) is 1.15. The average molecular weight is 259 g/mol. The zero-order chi connectivity index (χ0) is 13.2. The molecule has 2 N–H and O–H groups in total. The molecule has 0 saturated carbocycles. The molecule has 100 valence electrons. The summed E-state index contributed by atoms with van der Waals surface area (Å²) in [5.74, 6) is 1.68. The van der Waals surface area contributed by atoms with E-state index in [0.29, 0.717) is 0 Å². The van der Waals surface area contributed by atoms with E-state index in [-0.39, 0.29) is 6.61 Å². The number of rotatable bonds is 3. The van der Waals surface area contributed by atoms with Crippen molar-refractivity contribution in [3.63, 3.8) is 0 Å². The number of nitrogens with one attached hydrogen (secondary N) is 1. The number of hydrogen-bond donors (Lipinski definition) is 2. The third kappa shape index (κ3) is 2.01. The maximum absolute atomic E-state index is 9.45. The summed E-state index contributed by atoms with van der Waals surface area (Å²) < 4.78 is 7.57. The van der Waals surface area contributed by atoms with Gasteiger partial charge in [0.15, 0.2) is 0 Å². The Bertz CT molecular complexity index is 592. The van der Waals surface area contributed by atoms with Crippen LogP contribution in [-0.2, 0) is 19.7 Å². The number of aliphatic hydroxyl groups excluding tert-OH is 1. The second kappa shape index (κ2) is 5.03. The van der Waals surface area contributed by atoms with Gasteiger partial charge in [0.25, 0.3) is 0 Å². The summed E-state index contributed by atoms with van der Waals surface area (Å²) >= 11 is 0. The second-order valence-electron chi connectivity index (χ2n) is 4.52. The Labute approximate surface area is 111 Å². The molecule has 5 heteroatoms. The van der Waals surface area contributed by atoms with Crippen LogP contribution in [0.5, 0.6) is 5.75 Å². The third-order valence-corrected chi connectivity index (χ3v) is 3.46. The van der Waals surface area contributed by atoms with Crippen molar-refractivity contribution in [3.8, 4) is 17.1 Å². The Morgan fingerprint density at radius 1 is 1.42 bits per heavy atom. The number of hydrogen-bond acceptors (Lipinski definition) is 4. The zero-order valence-electron chi connectivity index (χ0n) is 10.9. The van der Waals surface area contributed by atoms with E-state index in [1.165, 1.54) is 0 Å². The van der Waals surface area contributed by atoms with Gasteiger partial charge in [-0.15, -0.1) is 0 Å². The van der Waals surface area contributed by atoms with Crippen LogP contribution in [-0.4, -0.2) is 28.3 Å². The maximum atomic E-state index is 9.45. The van der Waals surface area contributed by atoms with E-state index in [1.54, 1.807) is 7.11 Å². The van der Waals surface area contributed by atoms with Gasteiger partial charge in [-0.2, -0.15) is 0 Å². The van der Waals surface area contributed by atoms with Crippen LogP contribution >= 0.6 is 0 Å². The van der Waals surface area contributed by atoms with Gasteiger partial charge in [0.2, 0.25) is 0 Å². The lowest BCUT2D eigenvalue weighted by Crippen LogP contribution is -2.28. The normalized spacial score (nSPS) is 14.2. The molecule has 2 aromatic rings. The minimum absolute atomic E-state index is 0.0356. The number of para-hydroxylation sites is 1. The molecule has 0 amide bonds. The van der Waals surface area contributed by atoms with Crippen LogP contribution in [0.4, 0.5) is 0 Å². The lowest BCUT2D eigenvalue weighted by Gasteiger charge is -2.19. The standard InChI is InChI=1S/C14H17N3O2/c1-19-13-5-3-2-4-10(13)14-16-11(9-18)12-8-15-6-7-17(12)14/h2-5,15,18H,6-9H2,1H3. The van der Waals surface area contributed by atoms with Crippen LogP contribution in [0.15, 0.2) is 24.3 Å². The molecule has 19 heavy (non-hydrogen) atoms. The zero-order valence-corrected chi connectivity index (χ0v) is 10.9. The highest BCUT2D eigenvalue weighted by atomic mass is 16.5. The van der Waals surface area contributed by atoms with Crippen molar-refractivity contribution in [2.75, 3.05) is 13.7 Å². The molecule has 1 aliphatic rings. The molecule has 3 rings (SSSR count). The molecule has 5 nitrogen and oxygen atoms in total. The van der Waals surface area contributed by atoms with Crippen LogP contribution in [0.3, 0.4) is 0 Å². The quantitative estimate of drug-likeness (QED) is 0.868. The SMILES string of the molecule is COc1ccccc1-c1nc(CO)c2n1CCNC2. The molecular formula is C14H17N3O2. The number of aromatic nitrogens is 2. The summed E-state index contributed by atoms with van der Waals surface area (Å²) in [5, 5.41) is 12.8. The van der Waals surface area contributed by atoms with E-state index >= 15 is 0 Å². The predicted molar refractivity (Wildman–Crippen MR) is 71.8 cm³/mol. The number of aliphatic hydroxyl groups is 1. The van der Waals surface area contributed by atoms with Crippen molar-refractivity contribution in [1.82, 2.24) is 14.9 Å². The van der Waals surface area contributed by atoms with Crippen molar-refractivity contribution in [2.45, 2.75) is 19.7 Å². The van der Waals surface area contributed by atoms with Crippen LogP contribution < -0.4 is 10.1 Å². The first-order chi connectivity index (χ1) is 9.35. The maximum Gasteiger partial charge on any atom is 0.144 e. The number of ether oxygens (including phenoxy) is 1.